The number of aromatic nitrogens is 3. The summed E-state index contributed by atoms with van der Waals surface area (Å²) in [6.45, 7) is 0.361. The quantitative estimate of drug-likeness (QED) is 0.488. The van der Waals surface area contributed by atoms with E-state index in [2.05, 4.69) is 9.97 Å². The zero-order valence-corrected chi connectivity index (χ0v) is 16.9. The van der Waals surface area contributed by atoms with Gasteiger partial charge in [0.25, 0.3) is 0 Å². The van der Waals surface area contributed by atoms with E-state index in [1.165, 1.54) is 6.26 Å². The highest BCUT2D eigenvalue weighted by Gasteiger charge is 2.20. The van der Waals surface area contributed by atoms with E-state index in [1.54, 1.807) is 15.9 Å². The van der Waals surface area contributed by atoms with Gasteiger partial charge in [0.15, 0.2) is 0 Å². The van der Waals surface area contributed by atoms with Crippen molar-refractivity contribution in [2.45, 2.75) is 18.1 Å². The van der Waals surface area contributed by atoms with Gasteiger partial charge in [-0.25, -0.2) is 18.4 Å². The Kier molecular flexibility index (Phi) is 4.75. The summed E-state index contributed by atoms with van der Waals surface area (Å²) in [5, 5.41) is 3.71. The van der Waals surface area contributed by atoms with Gasteiger partial charge in [0, 0.05) is 23.1 Å². The molecule has 4 aromatic rings. The predicted molar refractivity (Wildman–Crippen MR) is 108 cm³/mol. The number of benzene rings is 2. The summed E-state index contributed by atoms with van der Waals surface area (Å²) < 4.78 is 26.1. The predicted octanol–water partition coefficient (Wildman–Crippen LogP) is 4.19. The summed E-state index contributed by atoms with van der Waals surface area (Å²) in [6, 6.07) is 15.1. The van der Waals surface area contributed by atoms with Crippen molar-refractivity contribution in [3.8, 4) is 0 Å². The van der Waals surface area contributed by atoms with Gasteiger partial charge < -0.3 is 4.57 Å². The summed E-state index contributed by atoms with van der Waals surface area (Å²) in [5.41, 5.74) is 3.39. The summed E-state index contributed by atoms with van der Waals surface area (Å²) in [7, 11) is -3.45. The highest BCUT2D eigenvalue weighted by atomic mass is 35.5. The fourth-order valence-electron chi connectivity index (χ4n) is 2.93. The largest absolute Gasteiger partial charge is 0.309 e. The number of fused-ring (bicyclic) bond motifs is 1. The van der Waals surface area contributed by atoms with E-state index >= 15 is 0 Å². The number of nitrogens with zero attached hydrogens (tertiary/aromatic N) is 3. The topological polar surface area (TPSA) is 64.8 Å². The van der Waals surface area contributed by atoms with Crippen molar-refractivity contribution in [2.75, 3.05) is 6.26 Å². The zero-order valence-electron chi connectivity index (χ0n) is 14.5. The molecular weight excluding hydrogens is 402 g/mol. The summed E-state index contributed by atoms with van der Waals surface area (Å²) in [4.78, 5) is 8.98. The first-order valence-electron chi connectivity index (χ1n) is 8.23. The third kappa shape index (κ3) is 3.90. The Hall–Kier alpha value is -2.22. The van der Waals surface area contributed by atoms with Crippen molar-refractivity contribution in [1.82, 2.24) is 14.5 Å². The molecule has 0 unspecified atom stereocenters. The minimum atomic E-state index is -3.45. The van der Waals surface area contributed by atoms with Gasteiger partial charge in [-0.1, -0.05) is 35.9 Å². The standard InChI is InChI=1S/C19H16ClN3O2S2/c1-27(24,25)19-22-16-4-2-3-5-17(16)23(19)11-15-12-26-18(21-15)10-13-6-8-14(20)9-7-13/h2-9,12H,10-11H2,1H3. The van der Waals surface area contributed by atoms with Crippen LogP contribution in [0.15, 0.2) is 59.1 Å². The molecule has 0 aliphatic rings. The Morgan fingerprint density at radius 1 is 1.07 bits per heavy atom. The molecule has 2 aromatic heterocycles. The third-order valence-electron chi connectivity index (χ3n) is 4.14. The Morgan fingerprint density at radius 3 is 2.56 bits per heavy atom. The normalized spacial score (nSPS) is 11.9. The van der Waals surface area contributed by atoms with E-state index in [-0.39, 0.29) is 5.16 Å². The zero-order chi connectivity index (χ0) is 19.0. The average molecular weight is 418 g/mol. The van der Waals surface area contributed by atoms with Crippen LogP contribution in [0.3, 0.4) is 0 Å². The highest BCUT2D eigenvalue weighted by Crippen LogP contribution is 2.23. The van der Waals surface area contributed by atoms with Crippen LogP contribution < -0.4 is 0 Å². The molecule has 4 rings (SSSR count). The van der Waals surface area contributed by atoms with Crippen molar-refractivity contribution in [3.05, 3.63) is 75.2 Å². The van der Waals surface area contributed by atoms with E-state index in [9.17, 15) is 8.42 Å². The SMILES string of the molecule is CS(=O)(=O)c1nc2ccccc2n1Cc1csc(Cc2ccc(Cl)cc2)n1. The van der Waals surface area contributed by atoms with Crippen LogP contribution in [0.25, 0.3) is 11.0 Å². The molecule has 0 radical (unpaired) electrons. The second-order valence-corrected chi connectivity index (χ2v) is 9.57. The van der Waals surface area contributed by atoms with Crippen LogP contribution in [0.4, 0.5) is 0 Å². The number of thiazole rings is 1. The number of imidazole rings is 1. The minimum absolute atomic E-state index is 0.0657. The summed E-state index contributed by atoms with van der Waals surface area (Å²) in [6.07, 6.45) is 1.89. The molecular formula is C19H16ClN3O2S2. The van der Waals surface area contributed by atoms with E-state index in [1.807, 2.05) is 53.9 Å². The molecule has 0 N–H and O–H groups in total. The Labute approximate surface area is 166 Å². The van der Waals surface area contributed by atoms with Crippen LogP contribution in [0.2, 0.25) is 5.02 Å². The Balaban J connectivity index is 1.65. The van der Waals surface area contributed by atoms with Crippen molar-refractivity contribution in [1.29, 1.82) is 0 Å². The van der Waals surface area contributed by atoms with Crippen LogP contribution in [0.5, 0.6) is 0 Å². The van der Waals surface area contributed by atoms with Crippen LogP contribution in [0.1, 0.15) is 16.3 Å². The van der Waals surface area contributed by atoms with E-state index in [4.69, 9.17) is 11.6 Å². The number of hydrogen-bond donors (Lipinski definition) is 0. The maximum Gasteiger partial charge on any atom is 0.228 e. The van der Waals surface area contributed by atoms with Crippen molar-refractivity contribution >= 4 is 43.8 Å². The summed E-state index contributed by atoms with van der Waals surface area (Å²) in [5.74, 6) is 0. The lowest BCUT2D eigenvalue weighted by Gasteiger charge is -2.06. The van der Waals surface area contributed by atoms with Gasteiger partial charge in [0.2, 0.25) is 15.0 Å². The molecule has 8 heteroatoms. The molecule has 0 aliphatic carbocycles. The highest BCUT2D eigenvalue weighted by molar-refractivity contribution is 7.90. The van der Waals surface area contributed by atoms with Crippen LogP contribution >= 0.6 is 22.9 Å². The Morgan fingerprint density at radius 2 is 1.81 bits per heavy atom. The van der Waals surface area contributed by atoms with Crippen molar-refractivity contribution in [3.63, 3.8) is 0 Å². The lowest BCUT2D eigenvalue weighted by molar-refractivity contribution is 0.580. The molecule has 0 amide bonds. The molecule has 27 heavy (non-hydrogen) atoms. The first-order chi connectivity index (χ1) is 12.9. The second kappa shape index (κ2) is 7.07. The van der Waals surface area contributed by atoms with Crippen LogP contribution in [-0.2, 0) is 22.8 Å². The molecule has 0 bridgehead atoms. The molecule has 2 heterocycles. The third-order valence-corrected chi connectivity index (χ3v) is 6.26. The summed E-state index contributed by atoms with van der Waals surface area (Å²) >= 11 is 7.49. The van der Waals surface area contributed by atoms with Gasteiger partial charge in [0.1, 0.15) is 0 Å². The monoisotopic (exact) mass is 417 g/mol. The fraction of sp³-hybridized carbons (Fsp3) is 0.158. The average Bonchev–Trinajstić information content (AvgIpc) is 3.22. The van der Waals surface area contributed by atoms with Crippen LogP contribution in [-0.4, -0.2) is 29.2 Å². The number of halogens is 1. The molecule has 2 aromatic carbocycles. The molecule has 0 atom stereocenters. The van der Waals surface area contributed by atoms with Gasteiger partial charge in [0.05, 0.1) is 28.3 Å². The van der Waals surface area contributed by atoms with Crippen molar-refractivity contribution in [2.24, 2.45) is 0 Å². The lowest BCUT2D eigenvalue weighted by atomic mass is 10.2. The number of hydrogen-bond acceptors (Lipinski definition) is 5. The maximum absolute atomic E-state index is 12.2. The van der Waals surface area contributed by atoms with E-state index < -0.39 is 9.84 Å². The van der Waals surface area contributed by atoms with Gasteiger partial charge in [-0.2, -0.15) is 0 Å². The maximum atomic E-state index is 12.2. The van der Waals surface area contributed by atoms with Crippen LogP contribution in [0, 0.1) is 0 Å². The lowest BCUT2D eigenvalue weighted by Crippen LogP contribution is -2.10. The second-order valence-electron chi connectivity index (χ2n) is 6.28. The molecule has 0 fully saturated rings. The van der Waals surface area contributed by atoms with E-state index in [0.717, 1.165) is 21.8 Å². The number of para-hydroxylation sites is 2. The Bertz CT molecular complexity index is 1210. The minimum Gasteiger partial charge on any atom is -0.309 e. The van der Waals surface area contributed by atoms with Gasteiger partial charge in [-0.05, 0) is 29.8 Å². The van der Waals surface area contributed by atoms with E-state index in [0.29, 0.717) is 23.5 Å². The molecule has 5 nitrogen and oxygen atoms in total. The molecule has 0 saturated carbocycles. The molecule has 0 aliphatic heterocycles. The van der Waals surface area contributed by atoms with Gasteiger partial charge in [-0.15, -0.1) is 11.3 Å². The first-order valence-corrected chi connectivity index (χ1v) is 11.4. The van der Waals surface area contributed by atoms with Crippen molar-refractivity contribution < 1.29 is 8.42 Å². The first kappa shape index (κ1) is 18.2. The number of sulfone groups is 1. The molecule has 0 saturated heterocycles. The van der Waals surface area contributed by atoms with Gasteiger partial charge in [-0.3, -0.25) is 0 Å². The smallest absolute Gasteiger partial charge is 0.228 e. The van der Waals surface area contributed by atoms with Gasteiger partial charge >= 0.3 is 0 Å². The molecule has 138 valence electrons. The fourth-order valence-corrected chi connectivity index (χ4v) is 4.70. The molecule has 0 spiro atoms. The number of rotatable bonds is 5.